The summed E-state index contributed by atoms with van der Waals surface area (Å²) in [5, 5.41) is 12.4. The fraction of sp³-hybridized carbons (Fsp3) is 0.588. The first-order valence-electron chi connectivity index (χ1n) is 8.38. The van der Waals surface area contributed by atoms with Gasteiger partial charge in [0, 0.05) is 18.8 Å². The number of carboxylic acids is 1. The van der Waals surface area contributed by atoms with Gasteiger partial charge >= 0.3 is 5.97 Å². The van der Waals surface area contributed by atoms with E-state index in [1.807, 2.05) is 6.92 Å². The number of carbonyl (C=O) groups is 1. The van der Waals surface area contributed by atoms with Crippen LogP contribution in [0.3, 0.4) is 0 Å². The van der Waals surface area contributed by atoms with Crippen molar-refractivity contribution in [3.8, 4) is 0 Å². The molecule has 1 aromatic rings. The summed E-state index contributed by atoms with van der Waals surface area (Å²) in [4.78, 5) is 11.4. The van der Waals surface area contributed by atoms with Crippen molar-refractivity contribution in [2.75, 3.05) is 18.4 Å². The minimum absolute atomic E-state index is 0.0224. The summed E-state index contributed by atoms with van der Waals surface area (Å²) in [6.07, 6.45) is 3.61. The Labute approximate surface area is 144 Å². The fourth-order valence-corrected chi connectivity index (χ4v) is 3.28. The maximum atomic E-state index is 12.3. The van der Waals surface area contributed by atoms with Crippen molar-refractivity contribution in [1.29, 1.82) is 0 Å². The first kappa shape index (κ1) is 20.4. The molecule has 0 amide bonds. The van der Waals surface area contributed by atoms with E-state index in [-0.39, 0.29) is 10.5 Å². The third kappa shape index (κ3) is 6.49. The molecule has 0 unspecified atom stereocenters. The lowest BCUT2D eigenvalue weighted by Gasteiger charge is -2.13. The minimum atomic E-state index is -3.69. The average Bonchev–Trinajstić information content (AvgIpc) is 2.51. The molecule has 0 atom stereocenters. The van der Waals surface area contributed by atoms with Gasteiger partial charge in [-0.3, -0.25) is 0 Å². The zero-order valence-electron chi connectivity index (χ0n) is 14.6. The molecule has 136 valence electrons. The molecule has 1 rings (SSSR count). The number of benzene rings is 1. The van der Waals surface area contributed by atoms with Gasteiger partial charge in [0.15, 0.2) is 0 Å². The normalized spacial score (nSPS) is 11.7. The number of carboxylic acid groups (broad SMARTS) is 1. The Morgan fingerprint density at radius 2 is 1.92 bits per heavy atom. The van der Waals surface area contributed by atoms with Crippen LogP contribution < -0.4 is 10.0 Å². The van der Waals surface area contributed by atoms with E-state index in [9.17, 15) is 18.3 Å². The predicted octanol–water partition coefficient (Wildman–Crippen LogP) is 3.31. The molecule has 0 spiro atoms. The summed E-state index contributed by atoms with van der Waals surface area (Å²) in [5.74, 6) is -0.650. The van der Waals surface area contributed by atoms with Crippen LogP contribution in [0.5, 0.6) is 0 Å². The third-order valence-electron chi connectivity index (χ3n) is 3.64. The molecule has 0 saturated heterocycles. The highest BCUT2D eigenvalue weighted by atomic mass is 32.2. The Balaban J connectivity index is 2.90. The van der Waals surface area contributed by atoms with E-state index in [1.54, 1.807) is 0 Å². The van der Waals surface area contributed by atoms with Crippen molar-refractivity contribution < 1.29 is 18.3 Å². The lowest BCUT2D eigenvalue weighted by molar-refractivity contribution is 0.0697. The van der Waals surface area contributed by atoms with E-state index < -0.39 is 16.0 Å². The Bertz CT molecular complexity index is 642. The van der Waals surface area contributed by atoms with Crippen molar-refractivity contribution in [3.63, 3.8) is 0 Å². The van der Waals surface area contributed by atoms with Gasteiger partial charge in [-0.25, -0.2) is 17.9 Å². The largest absolute Gasteiger partial charge is 0.478 e. The first-order chi connectivity index (χ1) is 11.3. The van der Waals surface area contributed by atoms with E-state index in [2.05, 4.69) is 23.9 Å². The van der Waals surface area contributed by atoms with Gasteiger partial charge in [-0.05, 0) is 37.0 Å². The van der Waals surface area contributed by atoms with Crippen LogP contribution in [-0.4, -0.2) is 32.6 Å². The highest BCUT2D eigenvalue weighted by Crippen LogP contribution is 2.21. The van der Waals surface area contributed by atoms with Crippen LogP contribution in [-0.2, 0) is 10.0 Å². The zero-order chi connectivity index (χ0) is 18.2. The molecule has 0 aliphatic carbocycles. The number of hydrogen-bond donors (Lipinski definition) is 3. The van der Waals surface area contributed by atoms with Gasteiger partial charge < -0.3 is 10.4 Å². The Morgan fingerprint density at radius 3 is 2.50 bits per heavy atom. The van der Waals surface area contributed by atoms with E-state index >= 15 is 0 Å². The second-order valence-corrected chi connectivity index (χ2v) is 7.99. The van der Waals surface area contributed by atoms with Crippen LogP contribution >= 0.6 is 0 Å². The fourth-order valence-electron chi connectivity index (χ4n) is 2.18. The highest BCUT2D eigenvalue weighted by Gasteiger charge is 2.18. The summed E-state index contributed by atoms with van der Waals surface area (Å²) >= 11 is 0. The minimum Gasteiger partial charge on any atom is -0.478 e. The molecule has 7 heteroatoms. The van der Waals surface area contributed by atoms with Crippen molar-refractivity contribution in [2.45, 2.75) is 51.3 Å². The van der Waals surface area contributed by atoms with Gasteiger partial charge in [-0.15, -0.1) is 0 Å². The summed E-state index contributed by atoms with van der Waals surface area (Å²) in [6.45, 7) is 7.20. The molecule has 0 saturated carbocycles. The molecule has 6 nitrogen and oxygen atoms in total. The molecule has 3 N–H and O–H groups in total. The molecule has 24 heavy (non-hydrogen) atoms. The molecule has 0 aromatic heterocycles. The summed E-state index contributed by atoms with van der Waals surface area (Å²) in [5.41, 5.74) is 0.406. The van der Waals surface area contributed by atoms with Crippen molar-refractivity contribution in [2.24, 2.45) is 5.92 Å². The number of nitrogens with one attached hydrogen (secondary N) is 2. The second kappa shape index (κ2) is 9.64. The van der Waals surface area contributed by atoms with Gasteiger partial charge in [-0.1, -0.05) is 33.6 Å². The SMILES string of the molecule is CCCCCNS(=O)(=O)c1ccc(NCCC(C)C)c(C(=O)O)c1. The lowest BCUT2D eigenvalue weighted by Crippen LogP contribution is -2.25. The van der Waals surface area contributed by atoms with E-state index in [1.165, 1.54) is 18.2 Å². The van der Waals surface area contributed by atoms with Crippen molar-refractivity contribution >= 4 is 21.7 Å². The quantitative estimate of drug-likeness (QED) is 0.529. The molecular weight excluding hydrogens is 328 g/mol. The van der Waals surface area contributed by atoms with E-state index in [0.717, 1.165) is 25.7 Å². The highest BCUT2D eigenvalue weighted by molar-refractivity contribution is 7.89. The molecule has 0 fully saturated rings. The Hall–Kier alpha value is -1.60. The number of sulfonamides is 1. The number of hydrogen-bond acceptors (Lipinski definition) is 4. The Morgan fingerprint density at radius 1 is 1.21 bits per heavy atom. The standard InChI is InChI=1S/C17H28N2O4S/c1-4-5-6-10-19-24(22,23)14-7-8-16(15(12-14)17(20)21)18-11-9-13(2)3/h7-8,12-13,18-19H,4-6,9-11H2,1-3H3,(H,20,21). The second-order valence-electron chi connectivity index (χ2n) is 6.23. The van der Waals surface area contributed by atoms with Crippen LogP contribution in [0.2, 0.25) is 0 Å². The van der Waals surface area contributed by atoms with E-state index in [4.69, 9.17) is 0 Å². The molecule has 0 aliphatic rings. The van der Waals surface area contributed by atoms with Gasteiger partial charge in [0.05, 0.1) is 10.5 Å². The number of aromatic carboxylic acids is 1. The van der Waals surface area contributed by atoms with Gasteiger partial charge in [0.2, 0.25) is 10.0 Å². The van der Waals surface area contributed by atoms with Crippen molar-refractivity contribution in [1.82, 2.24) is 4.72 Å². The van der Waals surface area contributed by atoms with Crippen LogP contribution in [0.4, 0.5) is 5.69 Å². The summed E-state index contributed by atoms with van der Waals surface area (Å²) in [7, 11) is -3.69. The smallest absolute Gasteiger partial charge is 0.337 e. The van der Waals surface area contributed by atoms with Crippen molar-refractivity contribution in [3.05, 3.63) is 23.8 Å². The van der Waals surface area contributed by atoms with Gasteiger partial charge in [-0.2, -0.15) is 0 Å². The van der Waals surface area contributed by atoms with Crippen LogP contribution in [0.15, 0.2) is 23.1 Å². The predicted molar refractivity (Wildman–Crippen MR) is 96.1 cm³/mol. The third-order valence-corrected chi connectivity index (χ3v) is 5.10. The zero-order valence-corrected chi connectivity index (χ0v) is 15.4. The van der Waals surface area contributed by atoms with Crippen LogP contribution in [0.25, 0.3) is 0 Å². The van der Waals surface area contributed by atoms with Crippen LogP contribution in [0, 0.1) is 5.92 Å². The lowest BCUT2D eigenvalue weighted by atomic mass is 10.1. The molecule has 0 heterocycles. The van der Waals surface area contributed by atoms with Gasteiger partial charge in [0.1, 0.15) is 0 Å². The monoisotopic (exact) mass is 356 g/mol. The van der Waals surface area contributed by atoms with E-state index in [0.29, 0.717) is 24.7 Å². The number of rotatable bonds is 11. The topological polar surface area (TPSA) is 95.5 Å². The van der Waals surface area contributed by atoms with Crippen LogP contribution in [0.1, 0.15) is 56.8 Å². The average molecular weight is 356 g/mol. The number of anilines is 1. The maximum absolute atomic E-state index is 12.3. The molecule has 0 aliphatic heterocycles. The summed E-state index contributed by atoms with van der Waals surface area (Å²) < 4.78 is 27.0. The molecule has 0 radical (unpaired) electrons. The maximum Gasteiger partial charge on any atom is 0.337 e. The number of unbranched alkanes of at least 4 members (excludes halogenated alkanes) is 2. The Kier molecular flexibility index (Phi) is 8.21. The molecular formula is C17H28N2O4S. The molecule has 0 bridgehead atoms. The molecule has 1 aromatic carbocycles. The summed E-state index contributed by atoms with van der Waals surface area (Å²) in [6, 6.07) is 4.17. The van der Waals surface area contributed by atoms with Gasteiger partial charge in [0.25, 0.3) is 0 Å². The first-order valence-corrected chi connectivity index (χ1v) is 9.87.